The van der Waals surface area contributed by atoms with Gasteiger partial charge in [0.05, 0.1) is 26.6 Å². The summed E-state index contributed by atoms with van der Waals surface area (Å²) in [6.45, 7) is 6.25. The average Bonchev–Trinajstić information content (AvgIpc) is 2.68. The number of thioether (sulfide) groups is 1. The van der Waals surface area contributed by atoms with Crippen molar-refractivity contribution in [2.24, 2.45) is 5.92 Å². The fraction of sp³-hybridized carbons (Fsp3) is 0.600. The van der Waals surface area contributed by atoms with E-state index in [0.717, 1.165) is 12.2 Å². The highest BCUT2D eigenvalue weighted by molar-refractivity contribution is 8.00. The van der Waals surface area contributed by atoms with Gasteiger partial charge in [0.25, 0.3) is 0 Å². The van der Waals surface area contributed by atoms with Gasteiger partial charge in [0.15, 0.2) is 0 Å². The van der Waals surface area contributed by atoms with Crippen molar-refractivity contribution in [3.63, 3.8) is 0 Å². The van der Waals surface area contributed by atoms with Crippen LogP contribution in [0.3, 0.4) is 0 Å². The molecule has 0 aromatic heterocycles. The minimum absolute atomic E-state index is 0.101. The molecule has 1 aromatic carbocycles. The number of nitrogens with one attached hydrogen (secondary N) is 1. The molecule has 2 unspecified atom stereocenters. The van der Waals surface area contributed by atoms with Crippen molar-refractivity contribution in [1.82, 2.24) is 5.32 Å². The van der Waals surface area contributed by atoms with Gasteiger partial charge in [-0.2, -0.15) is 0 Å². The molecule has 1 N–H and O–H groups in total. The summed E-state index contributed by atoms with van der Waals surface area (Å²) in [5.74, 6) is 2.20. The highest BCUT2D eigenvalue weighted by Gasteiger charge is 2.32. The zero-order valence-corrected chi connectivity index (χ0v) is 18.2. The van der Waals surface area contributed by atoms with Crippen molar-refractivity contribution in [2.45, 2.75) is 38.5 Å². The lowest BCUT2D eigenvalue weighted by Crippen LogP contribution is -2.51. The van der Waals surface area contributed by atoms with Crippen LogP contribution < -0.4 is 24.4 Å². The highest BCUT2D eigenvalue weighted by Crippen LogP contribution is 2.42. The molecule has 156 valence electrons. The second kappa shape index (κ2) is 9.91. The summed E-state index contributed by atoms with van der Waals surface area (Å²) >= 11 is 1.63. The van der Waals surface area contributed by atoms with Crippen LogP contribution in [0, 0.1) is 5.92 Å². The third-order valence-corrected chi connectivity index (χ3v) is 6.28. The summed E-state index contributed by atoms with van der Waals surface area (Å²) in [7, 11) is 4.64. The second-order valence-corrected chi connectivity index (χ2v) is 8.24. The van der Waals surface area contributed by atoms with E-state index in [1.807, 2.05) is 13.8 Å². The lowest BCUT2D eigenvalue weighted by atomic mass is 10.1. The normalized spacial score (nSPS) is 21.3. The molecule has 8 heteroatoms. The first-order chi connectivity index (χ1) is 13.3. The molecule has 1 fully saturated rings. The number of methoxy groups -OCH3 is 3. The first-order valence-electron chi connectivity index (χ1n) is 9.37. The number of rotatable bonds is 5. The standard InChI is InChI=1S/C20H30N2O5S/c1-12(2)18-19(23)21-13(3)20(24)22(8-7-9-28-18)17-15(26-5)10-14(25-4)11-16(17)27-6/h10-13,18H,7-9H2,1-6H3,(H,21,23). The number of ether oxygens (including phenoxy) is 3. The molecule has 1 heterocycles. The van der Waals surface area contributed by atoms with Crippen molar-refractivity contribution >= 4 is 29.3 Å². The maximum Gasteiger partial charge on any atom is 0.249 e. The van der Waals surface area contributed by atoms with Gasteiger partial charge in [-0.15, -0.1) is 11.8 Å². The Hall–Kier alpha value is -2.09. The molecule has 2 atom stereocenters. The maximum atomic E-state index is 13.2. The molecule has 1 aromatic rings. The largest absolute Gasteiger partial charge is 0.496 e. The first-order valence-corrected chi connectivity index (χ1v) is 10.4. The minimum atomic E-state index is -0.663. The van der Waals surface area contributed by atoms with Crippen LogP contribution in [0.2, 0.25) is 0 Å². The zero-order chi connectivity index (χ0) is 20.8. The molecule has 0 radical (unpaired) electrons. The Balaban J connectivity index is 2.43. The summed E-state index contributed by atoms with van der Waals surface area (Å²) in [6, 6.07) is 2.78. The van der Waals surface area contributed by atoms with E-state index >= 15 is 0 Å². The number of hydrogen-bond acceptors (Lipinski definition) is 6. The van der Waals surface area contributed by atoms with Crippen LogP contribution >= 0.6 is 11.8 Å². The van der Waals surface area contributed by atoms with Crippen LogP contribution in [-0.4, -0.2) is 56.7 Å². The summed E-state index contributed by atoms with van der Waals surface area (Å²) in [6.07, 6.45) is 0.748. The van der Waals surface area contributed by atoms with E-state index in [1.165, 1.54) is 14.2 Å². The van der Waals surface area contributed by atoms with E-state index in [9.17, 15) is 9.59 Å². The summed E-state index contributed by atoms with van der Waals surface area (Å²) in [5.41, 5.74) is 0.544. The molecule has 1 aliphatic heterocycles. The monoisotopic (exact) mass is 410 g/mol. The topological polar surface area (TPSA) is 77.1 Å². The van der Waals surface area contributed by atoms with Crippen molar-refractivity contribution in [3.05, 3.63) is 12.1 Å². The lowest BCUT2D eigenvalue weighted by molar-refractivity contribution is -0.127. The molecule has 0 aliphatic carbocycles. The van der Waals surface area contributed by atoms with E-state index in [-0.39, 0.29) is 23.0 Å². The average molecular weight is 411 g/mol. The van der Waals surface area contributed by atoms with E-state index in [2.05, 4.69) is 5.32 Å². The Morgan fingerprint density at radius 2 is 1.71 bits per heavy atom. The van der Waals surface area contributed by atoms with Gasteiger partial charge < -0.3 is 24.4 Å². The summed E-state index contributed by atoms with van der Waals surface area (Å²) in [5, 5.41) is 2.71. The van der Waals surface area contributed by atoms with E-state index in [4.69, 9.17) is 14.2 Å². The van der Waals surface area contributed by atoms with Gasteiger partial charge in [-0.3, -0.25) is 9.59 Å². The van der Waals surface area contributed by atoms with Crippen LogP contribution in [-0.2, 0) is 9.59 Å². The molecular formula is C20H30N2O5S. The van der Waals surface area contributed by atoms with Crippen LogP contribution in [0.15, 0.2) is 12.1 Å². The first kappa shape index (κ1) is 22.2. The van der Waals surface area contributed by atoms with Crippen LogP contribution in [0.25, 0.3) is 0 Å². The molecule has 2 amide bonds. The fourth-order valence-corrected chi connectivity index (χ4v) is 4.33. The minimum Gasteiger partial charge on any atom is -0.496 e. The van der Waals surface area contributed by atoms with Crippen LogP contribution in [0.4, 0.5) is 5.69 Å². The summed E-state index contributed by atoms with van der Waals surface area (Å²) < 4.78 is 16.3. The van der Waals surface area contributed by atoms with Crippen molar-refractivity contribution in [2.75, 3.05) is 38.5 Å². The third-order valence-electron chi connectivity index (χ3n) is 4.64. The zero-order valence-electron chi connectivity index (χ0n) is 17.4. The van der Waals surface area contributed by atoms with Crippen molar-refractivity contribution < 1.29 is 23.8 Å². The summed E-state index contributed by atoms with van der Waals surface area (Å²) in [4.78, 5) is 27.5. The molecular weight excluding hydrogens is 380 g/mol. The van der Waals surface area contributed by atoms with E-state index in [0.29, 0.717) is 29.5 Å². The second-order valence-electron chi connectivity index (χ2n) is 6.99. The fourth-order valence-electron chi connectivity index (χ4n) is 3.18. The number of amides is 2. The van der Waals surface area contributed by atoms with Gasteiger partial charge in [0.2, 0.25) is 11.8 Å². The number of carbonyl (C=O) groups is 2. The quantitative estimate of drug-likeness (QED) is 0.804. The third kappa shape index (κ3) is 4.84. The molecule has 0 bridgehead atoms. The number of nitrogens with zero attached hydrogens (tertiary/aromatic N) is 1. The molecule has 7 nitrogen and oxygen atoms in total. The Morgan fingerprint density at radius 1 is 1.11 bits per heavy atom. The molecule has 2 rings (SSSR count). The van der Waals surface area contributed by atoms with Crippen LogP contribution in [0.5, 0.6) is 17.2 Å². The predicted molar refractivity (Wildman–Crippen MR) is 112 cm³/mol. The van der Waals surface area contributed by atoms with Crippen LogP contribution in [0.1, 0.15) is 27.2 Å². The number of benzene rings is 1. The van der Waals surface area contributed by atoms with Gasteiger partial charge >= 0.3 is 0 Å². The van der Waals surface area contributed by atoms with Gasteiger partial charge in [0, 0.05) is 18.7 Å². The Labute approximate surface area is 171 Å². The van der Waals surface area contributed by atoms with E-state index < -0.39 is 6.04 Å². The van der Waals surface area contributed by atoms with E-state index in [1.54, 1.807) is 42.8 Å². The highest BCUT2D eigenvalue weighted by atomic mass is 32.2. The predicted octanol–water partition coefficient (Wildman–Crippen LogP) is 2.71. The Morgan fingerprint density at radius 3 is 2.21 bits per heavy atom. The van der Waals surface area contributed by atoms with Crippen molar-refractivity contribution in [3.8, 4) is 17.2 Å². The number of anilines is 1. The van der Waals surface area contributed by atoms with Gasteiger partial charge in [-0.1, -0.05) is 13.8 Å². The Bertz CT molecular complexity index is 685. The van der Waals surface area contributed by atoms with Gasteiger partial charge in [0.1, 0.15) is 29.0 Å². The molecule has 0 saturated carbocycles. The number of hydrogen-bond donors (Lipinski definition) is 1. The van der Waals surface area contributed by atoms with Gasteiger partial charge in [-0.05, 0) is 25.0 Å². The molecule has 28 heavy (non-hydrogen) atoms. The number of carbonyl (C=O) groups excluding carboxylic acids is 2. The SMILES string of the molecule is COc1cc(OC)c(N2CCCSC(C(C)C)C(=O)NC(C)C2=O)c(OC)c1. The lowest BCUT2D eigenvalue weighted by Gasteiger charge is -2.31. The maximum absolute atomic E-state index is 13.2. The molecule has 1 saturated heterocycles. The Kier molecular flexibility index (Phi) is 7.86. The van der Waals surface area contributed by atoms with Gasteiger partial charge in [-0.25, -0.2) is 0 Å². The molecule has 1 aliphatic rings. The smallest absolute Gasteiger partial charge is 0.249 e. The molecule has 0 spiro atoms. The van der Waals surface area contributed by atoms with Crippen molar-refractivity contribution in [1.29, 1.82) is 0 Å².